The van der Waals surface area contributed by atoms with E-state index in [1.54, 1.807) is 5.43 Å². The molecule has 17 heavy (non-hydrogen) atoms. The molecule has 1 aliphatic rings. The lowest BCUT2D eigenvalue weighted by Gasteiger charge is -2.41. The molecule has 0 aromatic carbocycles. The van der Waals surface area contributed by atoms with Gasteiger partial charge in [0.05, 0.1) is 0 Å². The van der Waals surface area contributed by atoms with Gasteiger partial charge < -0.3 is 0 Å². The third kappa shape index (κ3) is 2.62. The molecule has 1 rings (SSSR count). The van der Waals surface area contributed by atoms with E-state index in [0.29, 0.717) is 0 Å². The van der Waals surface area contributed by atoms with Crippen molar-refractivity contribution in [2.24, 2.45) is 5.92 Å². The summed E-state index contributed by atoms with van der Waals surface area (Å²) >= 11 is 5.19. The predicted molar refractivity (Wildman–Crippen MR) is 48.6 cm³/mol. The molecule has 1 atom stereocenters. The summed E-state index contributed by atoms with van der Waals surface area (Å²) in [6, 6.07) is 0. The molecule has 97 valence electrons. The van der Waals surface area contributed by atoms with Crippen LogP contribution in [0.3, 0.4) is 0 Å². The Bertz CT molecular complexity index is 337. The fraction of sp³-hybridized carbons (Fsp3) is 0.750. The molecule has 0 saturated heterocycles. The van der Waals surface area contributed by atoms with Gasteiger partial charge in [-0.15, -0.1) is 17.0 Å². The number of hydrogen-bond acceptors (Lipinski definition) is 2. The van der Waals surface area contributed by atoms with Gasteiger partial charge in [-0.3, -0.25) is 9.59 Å². The van der Waals surface area contributed by atoms with Crippen molar-refractivity contribution in [1.82, 2.24) is 10.9 Å². The van der Waals surface area contributed by atoms with Crippen molar-refractivity contribution in [3.63, 3.8) is 0 Å². The van der Waals surface area contributed by atoms with Crippen molar-refractivity contribution >= 4 is 23.4 Å². The molecule has 2 amide bonds. The maximum absolute atomic E-state index is 12.7. The highest BCUT2D eigenvalue weighted by Gasteiger charge is 2.74. The molecule has 0 aromatic rings. The van der Waals surface area contributed by atoms with Crippen molar-refractivity contribution in [3.8, 4) is 0 Å². The van der Waals surface area contributed by atoms with Gasteiger partial charge in [0.2, 0.25) is 5.91 Å². The third-order valence-corrected chi connectivity index (χ3v) is 2.49. The topological polar surface area (TPSA) is 60.3 Å². The zero-order valence-electron chi connectivity index (χ0n) is 8.35. The minimum absolute atomic E-state index is 0.0345. The van der Waals surface area contributed by atoms with Crippen LogP contribution in [-0.4, -0.2) is 29.5 Å². The lowest BCUT2D eigenvalue weighted by molar-refractivity contribution is -0.305. The second kappa shape index (κ2) is 4.67. The van der Waals surface area contributed by atoms with Crippen LogP contribution in [0.15, 0.2) is 0 Å². The van der Waals surface area contributed by atoms with Crippen LogP contribution >= 0.6 is 11.6 Å². The lowest BCUT2D eigenvalue weighted by atomic mass is 9.76. The molecule has 0 spiro atoms. The van der Waals surface area contributed by atoms with E-state index in [4.69, 9.17) is 11.6 Å². The molecule has 1 aliphatic carbocycles. The summed E-state index contributed by atoms with van der Waals surface area (Å²) in [6.07, 6.45) is -1.43. The van der Waals surface area contributed by atoms with E-state index in [1.807, 2.05) is 0 Å². The second-order valence-electron chi connectivity index (χ2n) is 3.51. The van der Waals surface area contributed by atoms with Crippen LogP contribution in [0.5, 0.6) is 0 Å². The van der Waals surface area contributed by atoms with Crippen molar-refractivity contribution in [1.29, 1.82) is 0 Å². The van der Waals surface area contributed by atoms with Crippen LogP contribution in [0.2, 0.25) is 0 Å². The first kappa shape index (κ1) is 14.0. The number of halogens is 5. The van der Waals surface area contributed by atoms with E-state index >= 15 is 0 Å². The molecule has 1 saturated carbocycles. The largest absolute Gasteiger partial charge is 0.322 e. The molecule has 0 heterocycles. The van der Waals surface area contributed by atoms with Crippen molar-refractivity contribution < 1.29 is 27.2 Å². The predicted octanol–water partition coefficient (Wildman–Crippen LogP) is 1.07. The van der Waals surface area contributed by atoms with Crippen molar-refractivity contribution in [2.75, 3.05) is 5.88 Å². The Morgan fingerprint density at radius 1 is 1.35 bits per heavy atom. The maximum atomic E-state index is 12.7. The van der Waals surface area contributed by atoms with Gasteiger partial charge in [-0.2, -0.15) is 17.6 Å². The van der Waals surface area contributed by atoms with Crippen LogP contribution in [0.4, 0.5) is 17.6 Å². The highest BCUT2D eigenvalue weighted by Crippen LogP contribution is 2.55. The van der Waals surface area contributed by atoms with E-state index < -0.39 is 36.0 Å². The summed E-state index contributed by atoms with van der Waals surface area (Å²) in [4.78, 5) is 21.8. The first-order chi connectivity index (χ1) is 7.72. The molecule has 1 unspecified atom stereocenters. The van der Waals surface area contributed by atoms with E-state index in [0.717, 1.165) is 0 Å². The Morgan fingerprint density at radius 2 is 1.94 bits per heavy atom. The smallest absolute Gasteiger partial charge is 0.273 e. The van der Waals surface area contributed by atoms with E-state index in [9.17, 15) is 27.2 Å². The maximum Gasteiger partial charge on any atom is 0.322 e. The molecule has 1 N–H and O–H groups in total. The van der Waals surface area contributed by atoms with Gasteiger partial charge in [0.15, 0.2) is 0 Å². The summed E-state index contributed by atoms with van der Waals surface area (Å²) in [6.45, 7) is 0. The Hall–Kier alpha value is -1.05. The van der Waals surface area contributed by atoms with Crippen LogP contribution in [-0.2, 0) is 9.59 Å². The summed E-state index contributed by atoms with van der Waals surface area (Å²) in [5.41, 5.74) is 4.49. The lowest BCUT2D eigenvalue weighted by Crippen LogP contribution is -2.63. The molecular weight excluding hydrogens is 268 g/mol. The van der Waals surface area contributed by atoms with E-state index in [-0.39, 0.29) is 12.3 Å². The van der Waals surface area contributed by atoms with Crippen molar-refractivity contribution in [3.05, 3.63) is 0 Å². The fourth-order valence-electron chi connectivity index (χ4n) is 1.22. The number of nitrogens with one attached hydrogen (secondary N) is 1. The molecule has 0 aliphatic heterocycles. The van der Waals surface area contributed by atoms with Crippen LogP contribution in [0, 0.1) is 5.92 Å². The number of hydrogen-bond donors (Lipinski definition) is 1. The Morgan fingerprint density at radius 3 is 2.35 bits per heavy atom. The van der Waals surface area contributed by atoms with Gasteiger partial charge in [-0.25, -0.2) is 5.43 Å². The zero-order chi connectivity index (χ0) is 13.3. The molecule has 1 fully saturated rings. The third-order valence-electron chi connectivity index (χ3n) is 2.30. The number of rotatable bonds is 3. The van der Waals surface area contributed by atoms with Gasteiger partial charge in [0.1, 0.15) is 5.92 Å². The molecule has 0 bridgehead atoms. The molecule has 4 nitrogen and oxygen atoms in total. The number of amides is 2. The SMILES string of the molecule is O=C(CCCl)N[N]C(=O)C1CC(F)(F)C1(F)F. The Balaban J connectivity index is 2.44. The minimum atomic E-state index is -4.41. The highest BCUT2D eigenvalue weighted by molar-refractivity contribution is 6.18. The molecular formula is C8H8ClF4N2O2. The number of carbonyl (C=O) groups excluding carboxylic acids is 2. The number of nitrogens with zero attached hydrogens (tertiary/aromatic N) is 1. The average Bonchev–Trinajstić information content (AvgIpc) is 2.23. The van der Waals surface area contributed by atoms with Crippen LogP contribution in [0.1, 0.15) is 12.8 Å². The number of alkyl halides is 5. The molecule has 0 aromatic heterocycles. The quantitative estimate of drug-likeness (QED) is 0.476. The van der Waals surface area contributed by atoms with Crippen LogP contribution in [0.25, 0.3) is 0 Å². The van der Waals surface area contributed by atoms with E-state index in [1.165, 1.54) is 0 Å². The summed E-state index contributed by atoms with van der Waals surface area (Å²) in [7, 11) is 0. The molecule has 9 heteroatoms. The van der Waals surface area contributed by atoms with Gasteiger partial charge in [-0.1, -0.05) is 0 Å². The molecule has 1 radical (unpaired) electrons. The zero-order valence-corrected chi connectivity index (χ0v) is 9.11. The second-order valence-corrected chi connectivity index (χ2v) is 3.89. The van der Waals surface area contributed by atoms with Gasteiger partial charge >= 0.3 is 11.8 Å². The van der Waals surface area contributed by atoms with Gasteiger partial charge in [0, 0.05) is 18.7 Å². The minimum Gasteiger partial charge on any atom is -0.273 e. The first-order valence-electron chi connectivity index (χ1n) is 4.57. The summed E-state index contributed by atoms with van der Waals surface area (Å²) in [5, 5.41) is 0. The normalized spacial score (nSPS) is 24.6. The van der Waals surface area contributed by atoms with Gasteiger partial charge in [0.25, 0.3) is 5.91 Å². The summed E-state index contributed by atoms with van der Waals surface area (Å²) in [5.74, 6) is -13.0. The van der Waals surface area contributed by atoms with Gasteiger partial charge in [-0.05, 0) is 0 Å². The standard InChI is InChI=1S/C8H8ClF4N2O2/c9-2-1-5(16)14-15-6(17)4-3-7(10,11)8(4,12)13/h4H,1-3H2,(H,14,16). The Labute approximate surface area is 98.6 Å². The first-order valence-corrected chi connectivity index (χ1v) is 5.11. The Kier molecular flexibility index (Phi) is 3.85. The number of carbonyl (C=O) groups is 2. The summed E-state index contributed by atoms with van der Waals surface area (Å²) < 4.78 is 50.3. The fourth-order valence-corrected chi connectivity index (χ4v) is 1.40. The highest BCUT2D eigenvalue weighted by atomic mass is 35.5. The van der Waals surface area contributed by atoms with Crippen molar-refractivity contribution in [2.45, 2.75) is 24.7 Å². The van der Waals surface area contributed by atoms with Crippen LogP contribution < -0.4 is 10.9 Å². The van der Waals surface area contributed by atoms with E-state index in [2.05, 4.69) is 5.43 Å². The monoisotopic (exact) mass is 275 g/mol. The average molecular weight is 276 g/mol.